The lowest BCUT2D eigenvalue weighted by molar-refractivity contribution is -0.127. The third-order valence-electron chi connectivity index (χ3n) is 5.33. The fourth-order valence-corrected chi connectivity index (χ4v) is 3.77. The second kappa shape index (κ2) is 6.97. The number of likely N-dealkylation sites (tertiary alicyclic amines) is 1. The molecular formula is C19H22FN5O3. The minimum absolute atomic E-state index is 0.00963. The predicted molar refractivity (Wildman–Crippen MR) is 96.7 cm³/mol. The Bertz CT molecular complexity index is 893. The molecule has 1 aromatic heterocycles. The average Bonchev–Trinajstić information content (AvgIpc) is 3.20. The molecule has 4 rings (SSSR count). The van der Waals surface area contributed by atoms with Crippen LogP contribution in [0.3, 0.4) is 0 Å². The highest BCUT2D eigenvalue weighted by Crippen LogP contribution is 2.32. The fourth-order valence-electron chi connectivity index (χ4n) is 3.77. The number of hydrogen-bond donors (Lipinski definition) is 1. The summed E-state index contributed by atoms with van der Waals surface area (Å²) < 4.78 is 20.1. The molecule has 3 heterocycles. The van der Waals surface area contributed by atoms with Gasteiger partial charge in [-0.15, -0.1) is 5.10 Å². The van der Waals surface area contributed by atoms with Gasteiger partial charge in [-0.2, -0.15) is 0 Å². The van der Waals surface area contributed by atoms with E-state index in [1.54, 1.807) is 35.0 Å². The van der Waals surface area contributed by atoms with Crippen molar-refractivity contribution in [3.63, 3.8) is 0 Å². The zero-order valence-electron chi connectivity index (χ0n) is 15.8. The van der Waals surface area contributed by atoms with Crippen molar-refractivity contribution in [2.75, 3.05) is 20.3 Å². The van der Waals surface area contributed by atoms with Gasteiger partial charge in [0.25, 0.3) is 5.91 Å². The van der Waals surface area contributed by atoms with Gasteiger partial charge in [-0.3, -0.25) is 14.3 Å². The first-order valence-corrected chi connectivity index (χ1v) is 9.14. The molecule has 2 aromatic rings. The molecule has 28 heavy (non-hydrogen) atoms. The number of benzene rings is 1. The predicted octanol–water partition coefficient (Wildman–Crippen LogP) is 1.16. The van der Waals surface area contributed by atoms with Gasteiger partial charge in [-0.05, 0) is 17.7 Å². The van der Waals surface area contributed by atoms with E-state index in [0.29, 0.717) is 19.8 Å². The maximum Gasteiger partial charge on any atom is 0.273 e. The molecule has 1 aromatic carbocycles. The van der Waals surface area contributed by atoms with Crippen molar-refractivity contribution in [1.82, 2.24) is 25.2 Å². The van der Waals surface area contributed by atoms with Crippen LogP contribution in [0, 0.1) is 11.2 Å². The van der Waals surface area contributed by atoms with Crippen molar-refractivity contribution < 1.29 is 18.7 Å². The maximum atomic E-state index is 13.2. The molecule has 9 heteroatoms. The smallest absolute Gasteiger partial charge is 0.273 e. The Kier molecular flexibility index (Phi) is 4.62. The van der Waals surface area contributed by atoms with Gasteiger partial charge < -0.3 is 15.0 Å². The molecule has 2 aliphatic rings. The first-order valence-electron chi connectivity index (χ1n) is 9.14. The summed E-state index contributed by atoms with van der Waals surface area (Å²) in [5.74, 6) is -0.818. The molecule has 2 saturated heterocycles. The zero-order valence-corrected chi connectivity index (χ0v) is 15.8. The average molecular weight is 387 g/mol. The van der Waals surface area contributed by atoms with E-state index in [1.807, 2.05) is 0 Å². The van der Waals surface area contributed by atoms with Crippen molar-refractivity contribution in [2.45, 2.75) is 32.0 Å². The molecular weight excluding hydrogens is 365 g/mol. The van der Waals surface area contributed by atoms with Crippen molar-refractivity contribution >= 4 is 11.8 Å². The number of rotatable bonds is 5. The highest BCUT2D eigenvalue weighted by molar-refractivity contribution is 5.93. The fraction of sp³-hybridized carbons (Fsp3) is 0.474. The van der Waals surface area contributed by atoms with Crippen LogP contribution >= 0.6 is 0 Å². The third-order valence-corrected chi connectivity index (χ3v) is 5.33. The van der Waals surface area contributed by atoms with Gasteiger partial charge in [0, 0.05) is 18.9 Å². The van der Waals surface area contributed by atoms with Crippen LogP contribution in [0.4, 0.5) is 4.39 Å². The van der Waals surface area contributed by atoms with E-state index < -0.39 is 6.04 Å². The van der Waals surface area contributed by atoms with Gasteiger partial charge in [0.15, 0.2) is 5.69 Å². The summed E-state index contributed by atoms with van der Waals surface area (Å²) in [6.07, 6.45) is 1.78. The lowest BCUT2D eigenvalue weighted by Gasteiger charge is -2.37. The van der Waals surface area contributed by atoms with Crippen molar-refractivity contribution in [3.05, 3.63) is 47.5 Å². The molecule has 0 aliphatic carbocycles. The topological polar surface area (TPSA) is 89.4 Å². The number of carbonyl (C=O) groups is 2. The van der Waals surface area contributed by atoms with E-state index >= 15 is 0 Å². The molecule has 8 nitrogen and oxygen atoms in total. The highest BCUT2D eigenvalue weighted by Gasteiger charge is 2.40. The molecule has 2 atom stereocenters. The van der Waals surface area contributed by atoms with Crippen LogP contribution < -0.4 is 5.32 Å². The number of carbonyl (C=O) groups excluding carboxylic acids is 2. The Hall–Kier alpha value is -2.81. The molecule has 148 valence electrons. The number of likely N-dealkylation sites (N-methyl/N-ethyl adjacent to an activating group) is 1. The van der Waals surface area contributed by atoms with E-state index in [2.05, 4.69) is 22.6 Å². The number of hydrogen-bond acceptors (Lipinski definition) is 5. The SMILES string of the molecule is CN1C(=O)CC(NC(=O)c2cn(CC3(C)COC3)nn2)C1c1ccc(F)cc1. The molecule has 0 saturated carbocycles. The summed E-state index contributed by atoms with van der Waals surface area (Å²) in [5.41, 5.74) is 0.973. The van der Waals surface area contributed by atoms with Crippen molar-refractivity contribution in [2.24, 2.45) is 5.41 Å². The van der Waals surface area contributed by atoms with Gasteiger partial charge in [-0.1, -0.05) is 24.3 Å². The molecule has 0 bridgehead atoms. The van der Waals surface area contributed by atoms with Crippen LogP contribution in [0.1, 0.15) is 35.4 Å². The minimum atomic E-state index is -0.432. The van der Waals surface area contributed by atoms with Gasteiger partial charge in [0.1, 0.15) is 5.82 Å². The summed E-state index contributed by atoms with van der Waals surface area (Å²) in [7, 11) is 1.68. The monoisotopic (exact) mass is 387 g/mol. The number of ether oxygens (including phenoxy) is 1. The lowest BCUT2D eigenvalue weighted by Crippen LogP contribution is -2.43. The Morgan fingerprint density at radius 2 is 2.07 bits per heavy atom. The molecule has 2 unspecified atom stereocenters. The molecule has 1 N–H and O–H groups in total. The van der Waals surface area contributed by atoms with Gasteiger partial charge in [0.05, 0.1) is 38.0 Å². The van der Waals surface area contributed by atoms with E-state index in [9.17, 15) is 14.0 Å². The van der Waals surface area contributed by atoms with Crippen LogP contribution in [-0.4, -0.2) is 58.0 Å². The molecule has 0 radical (unpaired) electrons. The first kappa shape index (κ1) is 18.5. The highest BCUT2D eigenvalue weighted by atomic mass is 19.1. The maximum absolute atomic E-state index is 13.2. The van der Waals surface area contributed by atoms with Crippen LogP contribution in [0.2, 0.25) is 0 Å². The molecule has 0 spiro atoms. The molecule has 2 aliphatic heterocycles. The summed E-state index contributed by atoms with van der Waals surface area (Å²) in [5, 5.41) is 10.9. The van der Waals surface area contributed by atoms with E-state index in [-0.39, 0.29) is 41.2 Å². The van der Waals surface area contributed by atoms with Gasteiger partial charge in [-0.25, -0.2) is 4.39 Å². The van der Waals surface area contributed by atoms with E-state index in [0.717, 1.165) is 5.56 Å². The van der Waals surface area contributed by atoms with Gasteiger partial charge >= 0.3 is 0 Å². The Morgan fingerprint density at radius 3 is 2.71 bits per heavy atom. The van der Waals surface area contributed by atoms with Crippen LogP contribution in [-0.2, 0) is 16.1 Å². The number of aromatic nitrogens is 3. The van der Waals surface area contributed by atoms with Gasteiger partial charge in [0.2, 0.25) is 5.91 Å². The van der Waals surface area contributed by atoms with E-state index in [1.165, 1.54) is 12.1 Å². The number of amides is 2. The Labute approximate surface area is 161 Å². The molecule has 2 amide bonds. The summed E-state index contributed by atoms with van der Waals surface area (Å²) in [6, 6.07) is 5.16. The van der Waals surface area contributed by atoms with Crippen LogP contribution in [0.25, 0.3) is 0 Å². The van der Waals surface area contributed by atoms with E-state index in [4.69, 9.17) is 4.74 Å². The summed E-state index contributed by atoms with van der Waals surface area (Å²) >= 11 is 0. The second-order valence-corrected chi connectivity index (χ2v) is 7.89. The summed E-state index contributed by atoms with van der Waals surface area (Å²) in [6.45, 7) is 4.02. The van der Waals surface area contributed by atoms with Crippen molar-refractivity contribution in [3.8, 4) is 0 Å². The normalized spacial score (nSPS) is 23.5. The van der Waals surface area contributed by atoms with Crippen molar-refractivity contribution in [1.29, 1.82) is 0 Å². The Balaban J connectivity index is 1.47. The third kappa shape index (κ3) is 3.49. The number of nitrogens with zero attached hydrogens (tertiary/aromatic N) is 4. The van der Waals surface area contributed by atoms with Crippen LogP contribution in [0.5, 0.6) is 0 Å². The largest absolute Gasteiger partial charge is 0.380 e. The molecule has 2 fully saturated rings. The minimum Gasteiger partial charge on any atom is -0.380 e. The standard InChI is InChI=1S/C19H22FN5O3/c1-19(10-28-11-19)9-25-8-15(22-23-25)18(27)21-14-7-16(26)24(2)17(14)12-3-5-13(20)6-4-12/h3-6,8,14,17H,7,9-11H2,1-2H3,(H,21,27). The zero-order chi connectivity index (χ0) is 19.9. The first-order chi connectivity index (χ1) is 13.3. The number of halogens is 1. The van der Waals surface area contributed by atoms with Crippen LogP contribution in [0.15, 0.2) is 30.5 Å². The quantitative estimate of drug-likeness (QED) is 0.832. The lowest BCUT2D eigenvalue weighted by atomic mass is 9.89. The second-order valence-electron chi connectivity index (χ2n) is 7.89. The number of nitrogens with one attached hydrogen (secondary N) is 1. The Morgan fingerprint density at radius 1 is 1.36 bits per heavy atom. The summed E-state index contributed by atoms with van der Waals surface area (Å²) in [4.78, 5) is 26.5.